The molecule has 0 unspecified atom stereocenters. The summed E-state index contributed by atoms with van der Waals surface area (Å²) in [6.45, 7) is 8.60. The van der Waals surface area contributed by atoms with Crippen LogP contribution in [0.2, 0.25) is 0 Å². The minimum Gasteiger partial charge on any atom is -0.493 e. The van der Waals surface area contributed by atoms with Gasteiger partial charge in [-0.15, -0.1) is 0 Å². The maximum atomic E-state index is 6.29. The molecule has 3 aromatic rings. The van der Waals surface area contributed by atoms with E-state index in [2.05, 4.69) is 41.2 Å². The zero-order valence-corrected chi connectivity index (χ0v) is 23.2. The van der Waals surface area contributed by atoms with E-state index in [-0.39, 0.29) is 0 Å². The summed E-state index contributed by atoms with van der Waals surface area (Å²) in [6.07, 6.45) is 8.34. The number of hydrogen-bond donors (Lipinski definition) is 1. The van der Waals surface area contributed by atoms with Crippen molar-refractivity contribution in [2.24, 2.45) is 5.41 Å². The highest BCUT2D eigenvalue weighted by atomic mass is 16.5. The van der Waals surface area contributed by atoms with E-state index in [9.17, 15) is 0 Å². The summed E-state index contributed by atoms with van der Waals surface area (Å²) in [4.78, 5) is 10.0. The third-order valence-electron chi connectivity index (χ3n) is 8.79. The van der Waals surface area contributed by atoms with Crippen LogP contribution in [0.15, 0.2) is 34.7 Å². The fraction of sp³-hybridized carbons (Fsp3) is 0.581. The Morgan fingerprint density at radius 1 is 1.08 bits per heavy atom. The molecule has 204 valence electrons. The number of ether oxygens (including phenoxy) is 2. The third kappa shape index (κ3) is 5.50. The van der Waals surface area contributed by atoms with E-state index in [0.717, 1.165) is 90.6 Å². The van der Waals surface area contributed by atoms with Crippen LogP contribution in [0, 0.1) is 5.41 Å². The number of likely N-dealkylation sites (tertiary alicyclic amines) is 2. The quantitative estimate of drug-likeness (QED) is 0.339. The van der Waals surface area contributed by atoms with Crippen molar-refractivity contribution in [3.63, 3.8) is 0 Å². The molecule has 1 spiro atoms. The summed E-state index contributed by atoms with van der Waals surface area (Å²) < 4.78 is 18.2. The molecule has 6 rings (SSSR count). The molecule has 0 bridgehead atoms. The van der Waals surface area contributed by atoms with Crippen molar-refractivity contribution in [2.45, 2.75) is 57.9 Å². The Balaban J connectivity index is 1.24. The molecule has 1 saturated carbocycles. The van der Waals surface area contributed by atoms with E-state index in [1.807, 2.05) is 18.2 Å². The van der Waals surface area contributed by atoms with Gasteiger partial charge in [0.1, 0.15) is 11.5 Å². The van der Waals surface area contributed by atoms with Crippen LogP contribution < -0.4 is 14.8 Å². The fourth-order valence-corrected chi connectivity index (χ4v) is 6.10. The molecule has 4 heterocycles. The molecule has 2 saturated heterocycles. The zero-order chi connectivity index (χ0) is 26.1. The van der Waals surface area contributed by atoms with Gasteiger partial charge in [-0.25, -0.2) is 4.98 Å². The van der Waals surface area contributed by atoms with Crippen molar-refractivity contribution in [1.29, 1.82) is 0 Å². The highest BCUT2D eigenvalue weighted by Gasteiger charge is 2.47. The topological polar surface area (TPSA) is 63.0 Å². The van der Waals surface area contributed by atoms with Crippen LogP contribution in [0.3, 0.4) is 0 Å². The second-order valence-electron chi connectivity index (χ2n) is 11.6. The predicted octanol–water partition coefficient (Wildman–Crippen LogP) is 5.83. The van der Waals surface area contributed by atoms with Gasteiger partial charge in [0.15, 0.2) is 17.3 Å². The molecule has 1 aromatic carbocycles. The monoisotopic (exact) mass is 518 g/mol. The molecule has 38 heavy (non-hydrogen) atoms. The van der Waals surface area contributed by atoms with Gasteiger partial charge < -0.3 is 29.0 Å². The Hall–Kier alpha value is -2.77. The minimum absolute atomic E-state index is 0.426. The number of methoxy groups -OCH3 is 1. The molecule has 1 N–H and O–H groups in total. The Labute approximate surface area is 226 Å². The van der Waals surface area contributed by atoms with Gasteiger partial charge in [-0.1, -0.05) is 6.92 Å². The van der Waals surface area contributed by atoms with Crippen LogP contribution in [-0.2, 0) is 6.42 Å². The van der Waals surface area contributed by atoms with Crippen LogP contribution in [0.1, 0.15) is 51.2 Å². The number of benzene rings is 1. The van der Waals surface area contributed by atoms with Gasteiger partial charge in [0.2, 0.25) is 0 Å². The zero-order valence-electron chi connectivity index (χ0n) is 23.2. The van der Waals surface area contributed by atoms with E-state index < -0.39 is 0 Å². The Morgan fingerprint density at radius 3 is 2.63 bits per heavy atom. The second-order valence-corrected chi connectivity index (χ2v) is 11.6. The van der Waals surface area contributed by atoms with Crippen LogP contribution in [-0.4, -0.2) is 74.3 Å². The van der Waals surface area contributed by atoms with E-state index in [1.165, 1.54) is 32.4 Å². The van der Waals surface area contributed by atoms with Gasteiger partial charge in [-0.3, -0.25) is 0 Å². The van der Waals surface area contributed by atoms with Gasteiger partial charge in [-0.2, -0.15) is 0 Å². The first-order valence-corrected chi connectivity index (χ1v) is 14.5. The number of fused-ring (bicyclic) bond motifs is 1. The molecule has 3 aliphatic rings. The first-order chi connectivity index (χ1) is 18.5. The lowest BCUT2D eigenvalue weighted by molar-refractivity contribution is 0.249. The molecule has 2 aliphatic heterocycles. The molecule has 1 aliphatic carbocycles. The van der Waals surface area contributed by atoms with Crippen LogP contribution in [0.25, 0.3) is 22.4 Å². The molecule has 0 atom stereocenters. The standard InChI is InChI=1S/C31H42N4O3/c1-4-23-6-7-28(38-23)27-19-25(32-22-8-14-34(2)15-9-22)24-18-29(36-3)30(20-26(24)33-27)37-17-5-13-35-16-12-31(21-35)10-11-31/h6-7,18-20,22H,4-5,8-17,21H2,1-3H3,(H,32,33). The summed E-state index contributed by atoms with van der Waals surface area (Å²) in [5, 5.41) is 4.88. The molecular weight excluding hydrogens is 476 g/mol. The van der Waals surface area contributed by atoms with Crippen molar-refractivity contribution in [2.75, 3.05) is 58.8 Å². The first-order valence-electron chi connectivity index (χ1n) is 14.5. The lowest BCUT2D eigenvalue weighted by Gasteiger charge is -2.30. The number of piperidine rings is 1. The average molecular weight is 519 g/mol. The molecular formula is C31H42N4O3. The molecule has 7 heteroatoms. The van der Waals surface area contributed by atoms with Crippen molar-refractivity contribution >= 4 is 16.6 Å². The minimum atomic E-state index is 0.426. The number of furan rings is 1. The molecule has 0 amide bonds. The molecule has 2 aromatic heterocycles. The maximum Gasteiger partial charge on any atom is 0.163 e. The third-order valence-corrected chi connectivity index (χ3v) is 8.79. The summed E-state index contributed by atoms with van der Waals surface area (Å²) in [5.74, 6) is 3.27. The lowest BCUT2D eigenvalue weighted by Crippen LogP contribution is -2.36. The van der Waals surface area contributed by atoms with Crippen molar-refractivity contribution in [3.8, 4) is 23.0 Å². The molecule has 0 radical (unpaired) electrons. The van der Waals surface area contributed by atoms with Gasteiger partial charge in [0.25, 0.3) is 0 Å². The van der Waals surface area contributed by atoms with Crippen molar-refractivity contribution < 1.29 is 13.9 Å². The highest BCUT2D eigenvalue weighted by Crippen LogP contribution is 2.52. The smallest absolute Gasteiger partial charge is 0.163 e. The van der Waals surface area contributed by atoms with Gasteiger partial charge in [0, 0.05) is 42.7 Å². The van der Waals surface area contributed by atoms with E-state index in [0.29, 0.717) is 18.1 Å². The highest BCUT2D eigenvalue weighted by molar-refractivity contribution is 5.95. The van der Waals surface area contributed by atoms with Gasteiger partial charge in [0.05, 0.1) is 19.2 Å². The van der Waals surface area contributed by atoms with E-state index in [1.54, 1.807) is 7.11 Å². The number of hydrogen-bond acceptors (Lipinski definition) is 7. The van der Waals surface area contributed by atoms with E-state index in [4.69, 9.17) is 18.9 Å². The van der Waals surface area contributed by atoms with E-state index >= 15 is 0 Å². The summed E-state index contributed by atoms with van der Waals surface area (Å²) >= 11 is 0. The first kappa shape index (κ1) is 25.5. The predicted molar refractivity (Wildman–Crippen MR) is 152 cm³/mol. The number of nitrogens with zero attached hydrogens (tertiary/aromatic N) is 3. The fourth-order valence-electron chi connectivity index (χ4n) is 6.10. The summed E-state index contributed by atoms with van der Waals surface area (Å²) in [6, 6.07) is 10.7. The van der Waals surface area contributed by atoms with Gasteiger partial charge in [-0.05, 0) is 94.9 Å². The lowest BCUT2D eigenvalue weighted by atomic mass is 10.0. The van der Waals surface area contributed by atoms with Crippen LogP contribution in [0.5, 0.6) is 11.5 Å². The number of nitrogens with one attached hydrogen (secondary N) is 1. The van der Waals surface area contributed by atoms with Crippen molar-refractivity contribution in [3.05, 3.63) is 36.1 Å². The number of aryl methyl sites for hydroxylation is 1. The Bertz CT molecular complexity index is 1260. The number of anilines is 1. The van der Waals surface area contributed by atoms with Crippen LogP contribution >= 0.6 is 0 Å². The SMILES string of the molecule is CCc1ccc(-c2cc(NC3CCN(C)CC3)c3cc(OC)c(OCCCN4CCC5(CC5)C4)cc3n2)o1. The largest absolute Gasteiger partial charge is 0.493 e. The second kappa shape index (κ2) is 10.8. The maximum absolute atomic E-state index is 6.29. The number of pyridine rings is 1. The normalized spacial score (nSPS) is 19.9. The Morgan fingerprint density at radius 2 is 1.92 bits per heavy atom. The van der Waals surface area contributed by atoms with Gasteiger partial charge >= 0.3 is 0 Å². The Kier molecular flexibility index (Phi) is 7.23. The number of aromatic nitrogens is 1. The number of rotatable bonds is 10. The van der Waals surface area contributed by atoms with Crippen LogP contribution in [0.4, 0.5) is 5.69 Å². The van der Waals surface area contributed by atoms with Crippen molar-refractivity contribution in [1.82, 2.24) is 14.8 Å². The summed E-state index contributed by atoms with van der Waals surface area (Å²) in [5.41, 5.74) is 3.48. The average Bonchev–Trinajstić information content (AvgIpc) is 3.32. The molecule has 7 nitrogen and oxygen atoms in total. The summed E-state index contributed by atoms with van der Waals surface area (Å²) in [7, 11) is 3.91. The molecule has 3 fully saturated rings.